The van der Waals surface area contributed by atoms with E-state index in [2.05, 4.69) is 15.9 Å². The summed E-state index contributed by atoms with van der Waals surface area (Å²) < 4.78 is 18.6. The summed E-state index contributed by atoms with van der Waals surface area (Å²) >= 11 is 3.27. The third kappa shape index (κ3) is 3.54. The summed E-state index contributed by atoms with van der Waals surface area (Å²) in [5.41, 5.74) is 1.39. The molecule has 4 nitrogen and oxygen atoms in total. The van der Waals surface area contributed by atoms with Gasteiger partial charge in [0.05, 0.1) is 4.92 Å². The van der Waals surface area contributed by atoms with Gasteiger partial charge in [0.1, 0.15) is 18.2 Å². The van der Waals surface area contributed by atoms with E-state index in [1.165, 1.54) is 24.3 Å². The predicted octanol–water partition coefficient (Wildman–Crippen LogP) is 4.21. The van der Waals surface area contributed by atoms with E-state index in [4.69, 9.17) is 4.74 Å². The van der Waals surface area contributed by atoms with Crippen LogP contribution in [-0.4, -0.2) is 4.92 Å². The van der Waals surface area contributed by atoms with Crippen LogP contribution in [0.2, 0.25) is 0 Å². The molecule has 0 unspecified atom stereocenters. The first kappa shape index (κ1) is 14.5. The predicted molar refractivity (Wildman–Crippen MR) is 76.5 cm³/mol. The van der Waals surface area contributed by atoms with E-state index in [9.17, 15) is 14.5 Å². The number of rotatable bonds is 5. The van der Waals surface area contributed by atoms with E-state index in [0.717, 1.165) is 0 Å². The fraction of sp³-hybridized carbons (Fsp3) is 0.143. The standard InChI is InChI=1S/C14H11BrFNO3/c15-8-11-7-13(17(18)19)4-5-14(11)20-9-10-2-1-3-12(16)6-10/h1-7H,8-9H2. The average Bonchev–Trinajstić information content (AvgIpc) is 2.45. The SMILES string of the molecule is O=[N+]([O-])c1ccc(OCc2cccc(F)c2)c(CBr)c1. The molecule has 0 aliphatic rings. The molecule has 104 valence electrons. The Hall–Kier alpha value is -1.95. The van der Waals surface area contributed by atoms with Gasteiger partial charge < -0.3 is 4.74 Å². The number of ether oxygens (including phenoxy) is 1. The van der Waals surface area contributed by atoms with Crippen molar-refractivity contribution in [3.05, 3.63) is 69.5 Å². The van der Waals surface area contributed by atoms with Gasteiger partial charge in [-0.2, -0.15) is 0 Å². The van der Waals surface area contributed by atoms with E-state index < -0.39 is 4.92 Å². The average molecular weight is 340 g/mol. The van der Waals surface area contributed by atoms with Crippen LogP contribution in [0.25, 0.3) is 0 Å². The van der Waals surface area contributed by atoms with E-state index in [1.807, 2.05) is 0 Å². The molecule has 0 aliphatic carbocycles. The van der Waals surface area contributed by atoms with Gasteiger partial charge in [0.15, 0.2) is 0 Å². The van der Waals surface area contributed by atoms with E-state index in [1.54, 1.807) is 18.2 Å². The summed E-state index contributed by atoms with van der Waals surface area (Å²) in [6, 6.07) is 10.5. The zero-order valence-electron chi connectivity index (χ0n) is 10.4. The maximum absolute atomic E-state index is 13.0. The second-order valence-electron chi connectivity index (χ2n) is 4.10. The van der Waals surface area contributed by atoms with Gasteiger partial charge in [-0.3, -0.25) is 10.1 Å². The Bertz CT molecular complexity index is 634. The van der Waals surface area contributed by atoms with Crippen molar-refractivity contribution in [1.29, 1.82) is 0 Å². The second-order valence-corrected chi connectivity index (χ2v) is 4.66. The minimum Gasteiger partial charge on any atom is -0.489 e. The van der Waals surface area contributed by atoms with Crippen molar-refractivity contribution in [2.75, 3.05) is 0 Å². The van der Waals surface area contributed by atoms with E-state index in [0.29, 0.717) is 22.2 Å². The Labute approximate surface area is 123 Å². The van der Waals surface area contributed by atoms with Crippen LogP contribution in [0.3, 0.4) is 0 Å². The van der Waals surface area contributed by atoms with Crippen LogP contribution in [0.1, 0.15) is 11.1 Å². The van der Waals surface area contributed by atoms with Crippen molar-refractivity contribution in [3.8, 4) is 5.75 Å². The number of nitrogens with zero attached hydrogens (tertiary/aromatic N) is 1. The van der Waals surface area contributed by atoms with Gasteiger partial charge in [-0.25, -0.2) is 4.39 Å². The number of nitro groups is 1. The number of hydrogen-bond donors (Lipinski definition) is 0. The van der Waals surface area contributed by atoms with Crippen LogP contribution < -0.4 is 4.74 Å². The molecule has 0 fully saturated rings. The van der Waals surface area contributed by atoms with Crippen LogP contribution in [0, 0.1) is 15.9 Å². The molecule has 0 aromatic heterocycles. The number of benzene rings is 2. The summed E-state index contributed by atoms with van der Waals surface area (Å²) in [6.45, 7) is 0.204. The van der Waals surface area contributed by atoms with Crippen LogP contribution in [-0.2, 0) is 11.9 Å². The zero-order chi connectivity index (χ0) is 14.5. The van der Waals surface area contributed by atoms with Crippen molar-refractivity contribution >= 4 is 21.6 Å². The third-order valence-corrected chi connectivity index (χ3v) is 3.29. The molecule has 2 rings (SSSR count). The maximum Gasteiger partial charge on any atom is 0.270 e. The van der Waals surface area contributed by atoms with E-state index >= 15 is 0 Å². The highest BCUT2D eigenvalue weighted by atomic mass is 79.9. The lowest BCUT2D eigenvalue weighted by Gasteiger charge is -2.10. The van der Waals surface area contributed by atoms with Gasteiger partial charge in [-0.1, -0.05) is 28.1 Å². The van der Waals surface area contributed by atoms with Crippen LogP contribution >= 0.6 is 15.9 Å². The van der Waals surface area contributed by atoms with Gasteiger partial charge in [-0.15, -0.1) is 0 Å². The summed E-state index contributed by atoms with van der Waals surface area (Å²) in [5, 5.41) is 11.1. The van der Waals surface area contributed by atoms with E-state index in [-0.39, 0.29) is 18.1 Å². The molecule has 0 N–H and O–H groups in total. The van der Waals surface area contributed by atoms with Crippen molar-refractivity contribution in [2.45, 2.75) is 11.9 Å². The molecule has 0 saturated heterocycles. The number of halogens is 2. The minimum atomic E-state index is -0.456. The van der Waals surface area contributed by atoms with Crippen molar-refractivity contribution in [2.24, 2.45) is 0 Å². The van der Waals surface area contributed by atoms with Gasteiger partial charge in [0, 0.05) is 23.0 Å². The van der Waals surface area contributed by atoms with Crippen molar-refractivity contribution < 1.29 is 14.1 Å². The lowest BCUT2D eigenvalue weighted by molar-refractivity contribution is -0.384. The highest BCUT2D eigenvalue weighted by Gasteiger charge is 2.11. The van der Waals surface area contributed by atoms with Gasteiger partial charge in [-0.05, 0) is 23.8 Å². The van der Waals surface area contributed by atoms with Gasteiger partial charge in [0.2, 0.25) is 0 Å². The molecular formula is C14H11BrFNO3. The van der Waals surface area contributed by atoms with Crippen LogP contribution in [0.15, 0.2) is 42.5 Å². The number of hydrogen-bond acceptors (Lipinski definition) is 3. The lowest BCUT2D eigenvalue weighted by atomic mass is 10.2. The van der Waals surface area contributed by atoms with Crippen molar-refractivity contribution in [1.82, 2.24) is 0 Å². The van der Waals surface area contributed by atoms with Gasteiger partial charge >= 0.3 is 0 Å². The van der Waals surface area contributed by atoms with Crippen LogP contribution in [0.4, 0.5) is 10.1 Å². The summed E-state index contributed by atoms with van der Waals surface area (Å²) in [7, 11) is 0. The first-order valence-electron chi connectivity index (χ1n) is 5.80. The third-order valence-electron chi connectivity index (χ3n) is 2.68. The number of alkyl halides is 1. The highest BCUT2D eigenvalue weighted by Crippen LogP contribution is 2.26. The Morgan fingerprint density at radius 3 is 2.70 bits per heavy atom. The first-order valence-corrected chi connectivity index (χ1v) is 6.93. The Kier molecular flexibility index (Phi) is 4.68. The maximum atomic E-state index is 13.0. The Morgan fingerprint density at radius 2 is 2.05 bits per heavy atom. The topological polar surface area (TPSA) is 52.4 Å². The number of non-ortho nitro benzene ring substituents is 1. The quantitative estimate of drug-likeness (QED) is 0.465. The molecule has 6 heteroatoms. The highest BCUT2D eigenvalue weighted by molar-refractivity contribution is 9.08. The molecule has 0 bridgehead atoms. The summed E-state index contributed by atoms with van der Waals surface area (Å²) in [5.74, 6) is 0.215. The Morgan fingerprint density at radius 1 is 1.25 bits per heavy atom. The molecule has 0 heterocycles. The number of nitro benzene ring substituents is 1. The minimum absolute atomic E-state index is 0.0116. The monoisotopic (exact) mass is 339 g/mol. The molecule has 2 aromatic rings. The van der Waals surface area contributed by atoms with Crippen LogP contribution in [0.5, 0.6) is 5.75 Å². The normalized spacial score (nSPS) is 10.3. The lowest BCUT2D eigenvalue weighted by Crippen LogP contribution is -1.99. The molecule has 0 amide bonds. The second kappa shape index (κ2) is 6.47. The summed E-state index contributed by atoms with van der Waals surface area (Å²) in [4.78, 5) is 10.2. The molecular weight excluding hydrogens is 329 g/mol. The molecule has 20 heavy (non-hydrogen) atoms. The summed E-state index contributed by atoms with van der Waals surface area (Å²) in [6.07, 6.45) is 0. The van der Waals surface area contributed by atoms with Crippen molar-refractivity contribution in [3.63, 3.8) is 0 Å². The molecule has 0 spiro atoms. The van der Waals surface area contributed by atoms with Gasteiger partial charge in [0.25, 0.3) is 5.69 Å². The Balaban J connectivity index is 2.15. The molecule has 2 aromatic carbocycles. The molecule has 0 radical (unpaired) electrons. The molecule has 0 aliphatic heterocycles. The smallest absolute Gasteiger partial charge is 0.270 e. The molecule has 0 atom stereocenters. The zero-order valence-corrected chi connectivity index (χ0v) is 12.0. The largest absolute Gasteiger partial charge is 0.489 e. The first-order chi connectivity index (χ1) is 9.60. The fourth-order valence-corrected chi connectivity index (χ4v) is 2.15. The fourth-order valence-electron chi connectivity index (χ4n) is 1.71. The molecule has 0 saturated carbocycles.